The van der Waals surface area contributed by atoms with Crippen molar-refractivity contribution in [3.8, 4) is 28.4 Å². The molecule has 176 valence electrons. The molecule has 0 fully saturated rings. The van der Waals surface area contributed by atoms with E-state index in [1.54, 1.807) is 0 Å². The van der Waals surface area contributed by atoms with Gasteiger partial charge in [-0.2, -0.15) is 0 Å². The van der Waals surface area contributed by atoms with E-state index in [4.69, 9.17) is 18.9 Å². The van der Waals surface area contributed by atoms with Gasteiger partial charge in [-0.1, -0.05) is 48.5 Å². The summed E-state index contributed by atoms with van der Waals surface area (Å²) in [6.07, 6.45) is -0.855. The Hall–Kier alpha value is -4.20. The van der Waals surface area contributed by atoms with Gasteiger partial charge in [0.15, 0.2) is 17.5 Å². The third kappa shape index (κ3) is 4.22. The molecule has 0 heterocycles. The quantitative estimate of drug-likeness (QED) is 0.511. The van der Waals surface area contributed by atoms with E-state index in [2.05, 4.69) is 5.32 Å². The average molecular weight is 463 g/mol. The van der Waals surface area contributed by atoms with Crippen molar-refractivity contribution >= 4 is 12.1 Å². The van der Waals surface area contributed by atoms with Crippen molar-refractivity contribution < 1.29 is 33.6 Å². The van der Waals surface area contributed by atoms with Crippen LogP contribution in [0.4, 0.5) is 4.79 Å². The van der Waals surface area contributed by atoms with Crippen LogP contribution in [0.3, 0.4) is 0 Å². The number of methoxy groups -OCH3 is 3. The maximum atomic E-state index is 12.7. The number of carboxylic acid groups (broad SMARTS) is 1. The van der Waals surface area contributed by atoms with Crippen LogP contribution in [0.5, 0.6) is 17.2 Å². The fourth-order valence-electron chi connectivity index (χ4n) is 4.31. The number of alkyl carbamates (subject to hydrolysis) is 1. The van der Waals surface area contributed by atoms with Crippen LogP contribution in [0.15, 0.2) is 60.7 Å². The van der Waals surface area contributed by atoms with Crippen LogP contribution in [0.25, 0.3) is 11.1 Å². The van der Waals surface area contributed by atoms with E-state index in [1.807, 2.05) is 48.5 Å². The Bertz CT molecular complexity index is 1180. The summed E-state index contributed by atoms with van der Waals surface area (Å²) in [6, 6.07) is 17.5. The van der Waals surface area contributed by atoms with Crippen molar-refractivity contribution in [3.63, 3.8) is 0 Å². The third-order valence-electron chi connectivity index (χ3n) is 5.90. The summed E-state index contributed by atoms with van der Waals surface area (Å²) in [6.45, 7) is 0.0647. The topological polar surface area (TPSA) is 103 Å². The van der Waals surface area contributed by atoms with Crippen molar-refractivity contribution in [2.75, 3.05) is 27.9 Å². The molecule has 2 N–H and O–H groups in total. The van der Waals surface area contributed by atoms with Crippen molar-refractivity contribution in [2.45, 2.75) is 12.0 Å². The first-order chi connectivity index (χ1) is 16.5. The van der Waals surface area contributed by atoms with Crippen LogP contribution in [0.1, 0.15) is 28.7 Å². The summed E-state index contributed by atoms with van der Waals surface area (Å²) in [4.78, 5) is 24.7. The molecule has 3 aromatic rings. The molecule has 8 nitrogen and oxygen atoms in total. The summed E-state index contributed by atoms with van der Waals surface area (Å²) in [5.74, 6) is -0.521. The molecule has 0 aromatic heterocycles. The Morgan fingerprint density at radius 2 is 1.38 bits per heavy atom. The SMILES string of the molecule is COc1cc(OC)c([C@@H](NC(=O)OCC2c3ccccc3-c3ccccc32)C(=O)O)cc1OC. The average Bonchev–Trinajstić information content (AvgIpc) is 3.18. The molecule has 1 aliphatic carbocycles. The lowest BCUT2D eigenvalue weighted by Crippen LogP contribution is -2.35. The number of ether oxygens (including phenoxy) is 4. The Morgan fingerprint density at radius 1 is 0.853 bits per heavy atom. The number of rotatable bonds is 8. The molecule has 0 radical (unpaired) electrons. The lowest BCUT2D eigenvalue weighted by molar-refractivity contribution is -0.139. The number of aliphatic carboxylic acids is 1. The van der Waals surface area contributed by atoms with Crippen LogP contribution in [0, 0.1) is 0 Å². The number of carboxylic acids is 1. The monoisotopic (exact) mass is 463 g/mol. The zero-order valence-electron chi connectivity index (χ0n) is 19.0. The van der Waals surface area contributed by atoms with Gasteiger partial charge in [-0.25, -0.2) is 9.59 Å². The highest BCUT2D eigenvalue weighted by Crippen LogP contribution is 2.44. The highest BCUT2D eigenvalue weighted by atomic mass is 16.5. The Balaban J connectivity index is 1.54. The van der Waals surface area contributed by atoms with Crippen molar-refractivity contribution in [3.05, 3.63) is 77.4 Å². The van der Waals surface area contributed by atoms with Crippen molar-refractivity contribution in [1.29, 1.82) is 0 Å². The van der Waals surface area contributed by atoms with E-state index >= 15 is 0 Å². The number of benzene rings is 3. The van der Waals surface area contributed by atoms with Gasteiger partial charge in [0.2, 0.25) is 0 Å². The summed E-state index contributed by atoms with van der Waals surface area (Å²) >= 11 is 0. The number of hydrogen-bond donors (Lipinski definition) is 2. The van der Waals surface area contributed by atoms with E-state index in [9.17, 15) is 14.7 Å². The van der Waals surface area contributed by atoms with Gasteiger partial charge < -0.3 is 29.4 Å². The minimum absolute atomic E-state index is 0.0647. The molecule has 0 bridgehead atoms. The smallest absolute Gasteiger partial charge is 0.408 e. The number of amides is 1. The van der Waals surface area contributed by atoms with E-state index < -0.39 is 18.1 Å². The lowest BCUT2D eigenvalue weighted by atomic mass is 9.98. The summed E-state index contributed by atoms with van der Waals surface area (Å²) in [5, 5.41) is 12.3. The largest absolute Gasteiger partial charge is 0.496 e. The molecule has 1 atom stereocenters. The van der Waals surface area contributed by atoms with Gasteiger partial charge in [-0.15, -0.1) is 0 Å². The first-order valence-electron chi connectivity index (χ1n) is 10.6. The second kappa shape index (κ2) is 9.74. The number of carbonyl (C=O) groups is 2. The van der Waals surface area contributed by atoms with E-state index in [0.717, 1.165) is 22.3 Å². The molecule has 1 amide bonds. The van der Waals surface area contributed by atoms with Crippen LogP contribution in [-0.4, -0.2) is 45.1 Å². The van der Waals surface area contributed by atoms with Crippen LogP contribution in [-0.2, 0) is 9.53 Å². The molecule has 3 aromatic carbocycles. The Labute approximate surface area is 197 Å². The minimum atomic E-state index is -1.43. The fraction of sp³-hybridized carbons (Fsp3) is 0.231. The van der Waals surface area contributed by atoms with Gasteiger partial charge in [0.1, 0.15) is 12.4 Å². The van der Waals surface area contributed by atoms with E-state index in [0.29, 0.717) is 11.5 Å². The van der Waals surface area contributed by atoms with Gasteiger partial charge in [0.05, 0.1) is 21.3 Å². The van der Waals surface area contributed by atoms with Gasteiger partial charge in [-0.05, 0) is 28.3 Å². The molecular formula is C26H25NO7. The highest BCUT2D eigenvalue weighted by molar-refractivity contribution is 5.83. The molecule has 0 saturated heterocycles. The summed E-state index contributed by atoms with van der Waals surface area (Å²) in [5.41, 5.74) is 4.53. The molecule has 0 unspecified atom stereocenters. The van der Waals surface area contributed by atoms with E-state index in [-0.39, 0.29) is 23.8 Å². The number of carbonyl (C=O) groups excluding carboxylic acids is 1. The molecule has 0 saturated carbocycles. The van der Waals surface area contributed by atoms with Gasteiger partial charge >= 0.3 is 12.1 Å². The van der Waals surface area contributed by atoms with Gasteiger partial charge in [0, 0.05) is 17.5 Å². The second-order valence-corrected chi connectivity index (χ2v) is 7.69. The zero-order chi connectivity index (χ0) is 24.2. The van der Waals surface area contributed by atoms with Crippen LogP contribution < -0.4 is 19.5 Å². The standard InChI is InChI=1S/C26H25NO7/c1-31-21-13-23(33-3)22(32-2)12-19(21)24(25(28)29)27-26(30)34-14-20-17-10-6-4-8-15(17)16-9-5-7-11-18(16)20/h4-13,20,24H,14H2,1-3H3,(H,27,30)(H,28,29)/t24-/m1/s1. The Kier molecular flexibility index (Phi) is 6.58. The van der Waals surface area contributed by atoms with Gasteiger partial charge in [0.25, 0.3) is 0 Å². The summed E-state index contributed by atoms with van der Waals surface area (Å²) < 4.78 is 21.4. The molecule has 0 aliphatic heterocycles. The second-order valence-electron chi connectivity index (χ2n) is 7.69. The fourth-order valence-corrected chi connectivity index (χ4v) is 4.31. The molecule has 1 aliphatic rings. The molecule has 8 heteroatoms. The highest BCUT2D eigenvalue weighted by Gasteiger charge is 2.31. The normalized spacial score (nSPS) is 12.8. The number of hydrogen-bond acceptors (Lipinski definition) is 6. The minimum Gasteiger partial charge on any atom is -0.496 e. The van der Waals surface area contributed by atoms with Crippen molar-refractivity contribution in [2.24, 2.45) is 0 Å². The number of fused-ring (bicyclic) bond motifs is 3. The first-order valence-corrected chi connectivity index (χ1v) is 10.6. The first kappa shape index (κ1) is 23.0. The molecule has 0 spiro atoms. The number of nitrogens with one attached hydrogen (secondary N) is 1. The van der Waals surface area contributed by atoms with Crippen LogP contribution in [0.2, 0.25) is 0 Å². The molecule has 4 rings (SSSR count). The lowest BCUT2D eigenvalue weighted by Gasteiger charge is -2.20. The van der Waals surface area contributed by atoms with Crippen molar-refractivity contribution in [1.82, 2.24) is 5.32 Å². The molecule has 34 heavy (non-hydrogen) atoms. The van der Waals surface area contributed by atoms with Crippen LogP contribution >= 0.6 is 0 Å². The Morgan fingerprint density at radius 3 is 1.91 bits per heavy atom. The maximum Gasteiger partial charge on any atom is 0.408 e. The maximum absolute atomic E-state index is 12.7. The third-order valence-corrected chi connectivity index (χ3v) is 5.90. The molecular weight excluding hydrogens is 438 g/mol. The summed E-state index contributed by atoms with van der Waals surface area (Å²) in [7, 11) is 4.29. The zero-order valence-corrected chi connectivity index (χ0v) is 19.0. The predicted octanol–water partition coefficient (Wildman–Crippen LogP) is 4.38. The van der Waals surface area contributed by atoms with Gasteiger partial charge in [-0.3, -0.25) is 0 Å². The van der Waals surface area contributed by atoms with E-state index in [1.165, 1.54) is 33.5 Å². The predicted molar refractivity (Wildman–Crippen MR) is 125 cm³/mol.